The highest BCUT2D eigenvalue weighted by Gasteiger charge is 2.21. The third-order valence-electron chi connectivity index (χ3n) is 2.81. The minimum atomic E-state index is -3.18. The van der Waals surface area contributed by atoms with Crippen LogP contribution in [0.5, 0.6) is 0 Å². The number of nitrogens with one attached hydrogen (secondary N) is 1. The van der Waals surface area contributed by atoms with E-state index in [9.17, 15) is 17.2 Å². The molecule has 1 unspecified atom stereocenters. The van der Waals surface area contributed by atoms with E-state index in [0.717, 1.165) is 12.7 Å². The van der Waals surface area contributed by atoms with Gasteiger partial charge in [0.05, 0.1) is 5.75 Å². The van der Waals surface area contributed by atoms with E-state index in [1.54, 1.807) is 0 Å². The molecular formula is C13H18BrF2NO2S. The molecule has 1 atom stereocenters. The summed E-state index contributed by atoms with van der Waals surface area (Å²) < 4.78 is 50.7. The second kappa shape index (κ2) is 7.47. The fraction of sp³-hybridized carbons (Fsp3) is 0.538. The quantitative estimate of drug-likeness (QED) is 0.802. The minimum Gasteiger partial charge on any atom is -0.310 e. The van der Waals surface area contributed by atoms with Crippen LogP contribution in [0.15, 0.2) is 16.6 Å². The Bertz CT molecular complexity index is 540. The van der Waals surface area contributed by atoms with Gasteiger partial charge in [0.15, 0.2) is 0 Å². The first-order chi connectivity index (χ1) is 9.24. The number of benzene rings is 1. The monoisotopic (exact) mass is 369 g/mol. The van der Waals surface area contributed by atoms with Gasteiger partial charge in [-0.15, -0.1) is 0 Å². The number of rotatable bonds is 7. The van der Waals surface area contributed by atoms with Gasteiger partial charge in [-0.25, -0.2) is 17.2 Å². The normalized spacial score (nSPS) is 13.4. The molecule has 20 heavy (non-hydrogen) atoms. The van der Waals surface area contributed by atoms with Crippen molar-refractivity contribution in [2.75, 3.05) is 18.6 Å². The van der Waals surface area contributed by atoms with Crippen molar-refractivity contribution in [3.8, 4) is 0 Å². The van der Waals surface area contributed by atoms with Crippen LogP contribution in [0.1, 0.15) is 31.4 Å². The highest BCUT2D eigenvalue weighted by atomic mass is 79.9. The lowest BCUT2D eigenvalue weighted by atomic mass is 10.0. The van der Waals surface area contributed by atoms with Crippen molar-refractivity contribution in [3.05, 3.63) is 33.8 Å². The molecule has 0 heterocycles. The fourth-order valence-electron chi connectivity index (χ4n) is 1.89. The molecule has 1 aromatic carbocycles. The van der Waals surface area contributed by atoms with Crippen molar-refractivity contribution in [2.45, 2.75) is 25.8 Å². The summed E-state index contributed by atoms with van der Waals surface area (Å²) in [6.07, 6.45) is 2.03. The molecule has 0 bridgehead atoms. The average molecular weight is 370 g/mol. The van der Waals surface area contributed by atoms with Crippen molar-refractivity contribution in [3.63, 3.8) is 0 Å². The molecule has 0 radical (unpaired) electrons. The molecule has 0 spiro atoms. The first-order valence-corrected chi connectivity index (χ1v) is 9.15. The van der Waals surface area contributed by atoms with Crippen molar-refractivity contribution in [2.24, 2.45) is 0 Å². The van der Waals surface area contributed by atoms with Gasteiger partial charge in [-0.2, -0.15) is 0 Å². The largest absolute Gasteiger partial charge is 0.310 e. The zero-order valence-corrected chi connectivity index (χ0v) is 13.8. The summed E-state index contributed by atoms with van der Waals surface area (Å²) in [5, 5.41) is 3.00. The zero-order valence-electron chi connectivity index (χ0n) is 11.4. The summed E-state index contributed by atoms with van der Waals surface area (Å²) in [5.74, 6) is -1.48. The minimum absolute atomic E-state index is 0.106. The van der Waals surface area contributed by atoms with Gasteiger partial charge in [0.25, 0.3) is 0 Å². The second-order valence-electron chi connectivity index (χ2n) is 4.71. The molecule has 114 valence electrons. The van der Waals surface area contributed by atoms with E-state index < -0.39 is 27.5 Å². The number of hydrogen-bond acceptors (Lipinski definition) is 3. The van der Waals surface area contributed by atoms with E-state index in [2.05, 4.69) is 21.2 Å². The molecule has 7 heteroatoms. The van der Waals surface area contributed by atoms with Crippen LogP contribution in [-0.4, -0.2) is 27.0 Å². The zero-order chi connectivity index (χ0) is 15.3. The lowest BCUT2D eigenvalue weighted by Crippen LogP contribution is -2.26. The first-order valence-electron chi connectivity index (χ1n) is 6.30. The van der Waals surface area contributed by atoms with Gasteiger partial charge in [0.2, 0.25) is 0 Å². The Hall–Kier alpha value is -0.530. The molecule has 0 saturated carbocycles. The van der Waals surface area contributed by atoms with Gasteiger partial charge in [0, 0.05) is 22.3 Å². The summed E-state index contributed by atoms with van der Waals surface area (Å²) in [4.78, 5) is 0. The lowest BCUT2D eigenvalue weighted by molar-refractivity contribution is 0.456. The maximum Gasteiger partial charge on any atom is 0.147 e. The maximum absolute atomic E-state index is 13.9. The molecular weight excluding hydrogens is 352 g/mol. The highest BCUT2D eigenvalue weighted by Crippen LogP contribution is 2.27. The molecule has 0 aliphatic rings. The summed E-state index contributed by atoms with van der Waals surface area (Å²) in [6, 6.07) is 1.71. The predicted molar refractivity (Wildman–Crippen MR) is 79.4 cm³/mol. The molecule has 1 aromatic rings. The summed E-state index contributed by atoms with van der Waals surface area (Å²) >= 11 is 3.02. The Kier molecular flexibility index (Phi) is 6.54. The van der Waals surface area contributed by atoms with Crippen LogP contribution >= 0.6 is 15.9 Å². The molecule has 0 aliphatic heterocycles. The number of halogens is 3. The average Bonchev–Trinajstić information content (AvgIpc) is 2.29. The maximum atomic E-state index is 13.9. The van der Waals surface area contributed by atoms with Crippen LogP contribution in [0, 0.1) is 11.6 Å². The second-order valence-corrected chi connectivity index (χ2v) is 7.88. The van der Waals surface area contributed by atoms with Crippen molar-refractivity contribution in [1.29, 1.82) is 0 Å². The predicted octanol–water partition coefficient (Wildman–Crippen LogP) is 3.20. The van der Waals surface area contributed by atoms with Crippen molar-refractivity contribution in [1.82, 2.24) is 5.32 Å². The van der Waals surface area contributed by atoms with Gasteiger partial charge in [-0.1, -0.05) is 22.9 Å². The summed E-state index contributed by atoms with van der Waals surface area (Å²) in [5.41, 5.74) is -0.106. The SMILES string of the molecule is CCCNC(CCS(C)(=O)=O)c1c(F)cc(Br)cc1F. The van der Waals surface area contributed by atoms with E-state index in [1.165, 1.54) is 12.1 Å². The topological polar surface area (TPSA) is 46.2 Å². The van der Waals surface area contributed by atoms with E-state index in [1.807, 2.05) is 6.92 Å². The van der Waals surface area contributed by atoms with Gasteiger partial charge in [-0.3, -0.25) is 0 Å². The Morgan fingerprint density at radius 2 is 1.85 bits per heavy atom. The lowest BCUT2D eigenvalue weighted by Gasteiger charge is -2.20. The van der Waals surface area contributed by atoms with Gasteiger partial charge < -0.3 is 5.32 Å². The molecule has 0 fully saturated rings. The third-order valence-corrected chi connectivity index (χ3v) is 4.25. The van der Waals surface area contributed by atoms with Crippen LogP contribution in [0.4, 0.5) is 8.78 Å². The van der Waals surface area contributed by atoms with E-state index >= 15 is 0 Å². The van der Waals surface area contributed by atoms with E-state index in [4.69, 9.17) is 0 Å². The smallest absolute Gasteiger partial charge is 0.147 e. The Balaban J connectivity index is 3.04. The van der Waals surface area contributed by atoms with E-state index in [0.29, 0.717) is 11.0 Å². The summed E-state index contributed by atoms with van der Waals surface area (Å²) in [6.45, 7) is 2.48. The van der Waals surface area contributed by atoms with Crippen LogP contribution in [0.25, 0.3) is 0 Å². The van der Waals surface area contributed by atoms with Gasteiger partial charge in [0.1, 0.15) is 21.5 Å². The van der Waals surface area contributed by atoms with Crippen molar-refractivity contribution < 1.29 is 17.2 Å². The highest BCUT2D eigenvalue weighted by molar-refractivity contribution is 9.10. The van der Waals surface area contributed by atoms with Crippen LogP contribution < -0.4 is 5.32 Å². The standard InChI is InChI=1S/C13H18BrF2NO2S/c1-3-5-17-12(4-6-20(2,18)19)13-10(15)7-9(14)8-11(13)16/h7-8,12,17H,3-6H2,1-2H3. The molecule has 0 saturated heterocycles. The Morgan fingerprint density at radius 3 is 2.30 bits per heavy atom. The van der Waals surface area contributed by atoms with Crippen molar-refractivity contribution >= 4 is 25.8 Å². The Morgan fingerprint density at radius 1 is 1.30 bits per heavy atom. The van der Waals surface area contributed by atoms with Gasteiger partial charge >= 0.3 is 0 Å². The molecule has 1 rings (SSSR count). The molecule has 0 aromatic heterocycles. The first kappa shape index (κ1) is 17.5. The van der Waals surface area contributed by atoms with Crippen LogP contribution in [-0.2, 0) is 9.84 Å². The summed E-state index contributed by atoms with van der Waals surface area (Å²) in [7, 11) is -3.18. The third kappa shape index (κ3) is 5.46. The van der Waals surface area contributed by atoms with Gasteiger partial charge in [-0.05, 0) is 31.5 Å². The van der Waals surface area contributed by atoms with E-state index in [-0.39, 0.29) is 17.7 Å². The number of hydrogen-bond donors (Lipinski definition) is 1. The molecule has 1 N–H and O–H groups in total. The number of sulfone groups is 1. The fourth-order valence-corrected chi connectivity index (χ4v) is 2.95. The Labute approximate surface area is 126 Å². The molecule has 0 amide bonds. The van der Waals surface area contributed by atoms with Crippen LogP contribution in [0.3, 0.4) is 0 Å². The molecule has 3 nitrogen and oxygen atoms in total. The van der Waals surface area contributed by atoms with Crippen LogP contribution in [0.2, 0.25) is 0 Å². The molecule has 0 aliphatic carbocycles.